The SMILES string of the molecule is CC1CN(S(=O)(=O)c2ccc(F)cc2F)CCO1. The Hall–Kier alpha value is -1.05. The van der Waals surface area contributed by atoms with Crippen LogP contribution < -0.4 is 0 Å². The molecule has 0 N–H and O–H groups in total. The summed E-state index contributed by atoms with van der Waals surface area (Å²) < 4.78 is 57.0. The van der Waals surface area contributed by atoms with E-state index in [0.717, 1.165) is 16.4 Å². The first-order chi connectivity index (χ1) is 8.41. The van der Waals surface area contributed by atoms with Crippen molar-refractivity contribution < 1.29 is 21.9 Å². The van der Waals surface area contributed by atoms with Gasteiger partial charge in [-0.2, -0.15) is 4.31 Å². The van der Waals surface area contributed by atoms with Crippen LogP contribution in [-0.4, -0.2) is 38.5 Å². The van der Waals surface area contributed by atoms with Gasteiger partial charge in [-0.05, 0) is 19.1 Å². The minimum absolute atomic E-state index is 0.166. The van der Waals surface area contributed by atoms with Crippen LogP contribution in [-0.2, 0) is 14.8 Å². The van der Waals surface area contributed by atoms with Crippen molar-refractivity contribution in [3.05, 3.63) is 29.8 Å². The molecule has 0 spiro atoms. The van der Waals surface area contributed by atoms with Crippen LogP contribution in [0, 0.1) is 11.6 Å². The molecule has 0 radical (unpaired) electrons. The summed E-state index contributed by atoms with van der Waals surface area (Å²) in [4.78, 5) is -0.502. The van der Waals surface area contributed by atoms with Crippen molar-refractivity contribution in [2.75, 3.05) is 19.7 Å². The van der Waals surface area contributed by atoms with Crippen molar-refractivity contribution in [2.24, 2.45) is 0 Å². The number of ether oxygens (including phenoxy) is 1. The number of halogens is 2. The smallest absolute Gasteiger partial charge is 0.246 e. The zero-order chi connectivity index (χ0) is 13.3. The molecular weight excluding hydrogens is 264 g/mol. The van der Waals surface area contributed by atoms with E-state index in [0.29, 0.717) is 6.07 Å². The first kappa shape index (κ1) is 13.4. The van der Waals surface area contributed by atoms with E-state index in [9.17, 15) is 17.2 Å². The highest BCUT2D eigenvalue weighted by Crippen LogP contribution is 2.22. The van der Waals surface area contributed by atoms with Crippen LogP contribution in [0.2, 0.25) is 0 Å². The van der Waals surface area contributed by atoms with Crippen molar-refractivity contribution in [1.29, 1.82) is 0 Å². The number of sulfonamides is 1. The molecule has 1 aliphatic rings. The fraction of sp³-hybridized carbons (Fsp3) is 0.455. The molecule has 2 rings (SSSR count). The Morgan fingerprint density at radius 3 is 2.72 bits per heavy atom. The minimum atomic E-state index is -3.93. The number of hydrogen-bond donors (Lipinski definition) is 0. The maximum atomic E-state index is 13.5. The number of hydrogen-bond acceptors (Lipinski definition) is 3. The van der Waals surface area contributed by atoms with Crippen LogP contribution >= 0.6 is 0 Å². The molecule has 0 saturated carbocycles. The van der Waals surface area contributed by atoms with Crippen LogP contribution in [0.3, 0.4) is 0 Å². The van der Waals surface area contributed by atoms with Gasteiger partial charge in [0.2, 0.25) is 10.0 Å². The van der Waals surface area contributed by atoms with Crippen molar-refractivity contribution in [1.82, 2.24) is 4.31 Å². The molecular formula is C11H13F2NO3S. The molecule has 1 aromatic rings. The lowest BCUT2D eigenvalue weighted by atomic mass is 10.3. The van der Waals surface area contributed by atoms with Crippen LogP contribution in [0.4, 0.5) is 8.78 Å². The predicted molar refractivity (Wildman–Crippen MR) is 60.5 cm³/mol. The fourth-order valence-corrected chi connectivity index (χ4v) is 3.37. The third-order valence-electron chi connectivity index (χ3n) is 2.72. The van der Waals surface area contributed by atoms with E-state index in [4.69, 9.17) is 4.74 Å². The molecule has 18 heavy (non-hydrogen) atoms. The van der Waals surface area contributed by atoms with Crippen molar-refractivity contribution in [2.45, 2.75) is 17.9 Å². The molecule has 1 saturated heterocycles. The van der Waals surface area contributed by atoms with E-state index >= 15 is 0 Å². The molecule has 100 valence electrons. The van der Waals surface area contributed by atoms with E-state index in [1.54, 1.807) is 6.92 Å². The Kier molecular flexibility index (Phi) is 3.65. The average Bonchev–Trinajstić information content (AvgIpc) is 2.28. The Morgan fingerprint density at radius 2 is 2.11 bits per heavy atom. The highest BCUT2D eigenvalue weighted by molar-refractivity contribution is 7.89. The molecule has 0 amide bonds. The number of nitrogens with zero attached hydrogens (tertiary/aromatic N) is 1. The van der Waals surface area contributed by atoms with E-state index in [1.165, 1.54) is 0 Å². The maximum Gasteiger partial charge on any atom is 0.246 e. The highest BCUT2D eigenvalue weighted by atomic mass is 32.2. The molecule has 1 aliphatic heterocycles. The normalized spacial score (nSPS) is 22.1. The van der Waals surface area contributed by atoms with Crippen LogP contribution in [0.5, 0.6) is 0 Å². The summed E-state index contributed by atoms with van der Waals surface area (Å²) in [6.45, 7) is 2.34. The van der Waals surface area contributed by atoms with E-state index in [2.05, 4.69) is 0 Å². The molecule has 0 aliphatic carbocycles. The molecule has 1 heterocycles. The zero-order valence-corrected chi connectivity index (χ0v) is 10.6. The topological polar surface area (TPSA) is 46.6 Å². The van der Waals surface area contributed by atoms with Gasteiger partial charge in [-0.25, -0.2) is 17.2 Å². The molecule has 1 fully saturated rings. The highest BCUT2D eigenvalue weighted by Gasteiger charge is 2.31. The Labute approximate surface area is 104 Å². The van der Waals surface area contributed by atoms with Gasteiger partial charge in [0.1, 0.15) is 16.5 Å². The second-order valence-corrected chi connectivity index (χ2v) is 6.03. The van der Waals surface area contributed by atoms with Gasteiger partial charge in [0.05, 0.1) is 12.7 Å². The van der Waals surface area contributed by atoms with Gasteiger partial charge in [-0.15, -0.1) is 0 Å². The van der Waals surface area contributed by atoms with E-state index in [1.807, 2.05) is 0 Å². The number of morpholine rings is 1. The summed E-state index contributed by atoms with van der Waals surface area (Å²) >= 11 is 0. The Bertz CT molecular complexity index is 547. The van der Waals surface area contributed by atoms with Crippen LogP contribution in [0.25, 0.3) is 0 Å². The van der Waals surface area contributed by atoms with Gasteiger partial charge in [0.15, 0.2) is 0 Å². The summed E-state index contributed by atoms with van der Waals surface area (Å²) in [7, 11) is -3.93. The average molecular weight is 277 g/mol. The van der Waals surface area contributed by atoms with Crippen molar-refractivity contribution in [3.63, 3.8) is 0 Å². The first-order valence-corrected chi connectivity index (χ1v) is 6.92. The Morgan fingerprint density at radius 1 is 1.39 bits per heavy atom. The standard InChI is InChI=1S/C11H13F2NO3S/c1-8-7-14(4-5-17-8)18(15,16)11-3-2-9(12)6-10(11)13/h2-3,6,8H,4-5,7H2,1H3. The van der Waals surface area contributed by atoms with Gasteiger partial charge in [-0.3, -0.25) is 0 Å². The summed E-state index contributed by atoms with van der Waals surface area (Å²) in [6.07, 6.45) is -0.239. The molecule has 0 bridgehead atoms. The van der Waals surface area contributed by atoms with Crippen molar-refractivity contribution >= 4 is 10.0 Å². The molecule has 4 nitrogen and oxygen atoms in total. The lowest BCUT2D eigenvalue weighted by Crippen LogP contribution is -2.44. The molecule has 1 atom stereocenters. The van der Waals surface area contributed by atoms with E-state index in [-0.39, 0.29) is 25.8 Å². The summed E-state index contributed by atoms with van der Waals surface area (Å²) in [5, 5.41) is 0. The van der Waals surface area contributed by atoms with Crippen molar-refractivity contribution in [3.8, 4) is 0 Å². The number of benzene rings is 1. The summed E-state index contributed by atoms with van der Waals surface area (Å²) in [6, 6.07) is 2.44. The monoisotopic (exact) mass is 277 g/mol. The molecule has 1 aromatic carbocycles. The van der Waals surface area contributed by atoms with Crippen LogP contribution in [0.1, 0.15) is 6.92 Å². The molecule has 0 aromatic heterocycles. The Balaban J connectivity index is 2.35. The lowest BCUT2D eigenvalue weighted by molar-refractivity contribution is 0.0101. The summed E-state index contributed by atoms with van der Waals surface area (Å²) in [5.41, 5.74) is 0. The van der Waals surface area contributed by atoms with Gasteiger partial charge in [0.25, 0.3) is 0 Å². The van der Waals surface area contributed by atoms with Gasteiger partial charge < -0.3 is 4.74 Å². The summed E-state index contributed by atoms with van der Waals surface area (Å²) in [5.74, 6) is -1.88. The quantitative estimate of drug-likeness (QED) is 0.820. The first-order valence-electron chi connectivity index (χ1n) is 5.48. The lowest BCUT2D eigenvalue weighted by Gasteiger charge is -2.30. The number of rotatable bonds is 2. The third-order valence-corrected chi connectivity index (χ3v) is 4.61. The van der Waals surface area contributed by atoms with Crippen LogP contribution in [0.15, 0.2) is 23.1 Å². The molecule has 1 unspecified atom stereocenters. The second kappa shape index (κ2) is 4.91. The fourth-order valence-electron chi connectivity index (χ4n) is 1.83. The van der Waals surface area contributed by atoms with Gasteiger partial charge in [0, 0.05) is 19.2 Å². The minimum Gasteiger partial charge on any atom is -0.376 e. The van der Waals surface area contributed by atoms with Gasteiger partial charge >= 0.3 is 0 Å². The van der Waals surface area contributed by atoms with Gasteiger partial charge in [-0.1, -0.05) is 0 Å². The largest absolute Gasteiger partial charge is 0.376 e. The second-order valence-electron chi connectivity index (χ2n) is 4.12. The maximum absolute atomic E-state index is 13.5. The molecule has 7 heteroatoms. The zero-order valence-electron chi connectivity index (χ0n) is 9.77. The van der Waals surface area contributed by atoms with E-state index < -0.39 is 26.6 Å². The third kappa shape index (κ3) is 2.52. The predicted octanol–water partition coefficient (Wildman–Crippen LogP) is 1.37.